The van der Waals surface area contributed by atoms with E-state index in [0.29, 0.717) is 11.8 Å². The van der Waals surface area contributed by atoms with Gasteiger partial charge < -0.3 is 0 Å². The zero-order valence-electron chi connectivity index (χ0n) is 33.5. The molecule has 0 nitrogen and oxygen atoms in total. The van der Waals surface area contributed by atoms with Crippen LogP contribution in [0.2, 0.25) is 13.1 Å². The molecule has 8 aromatic rings. The van der Waals surface area contributed by atoms with Crippen LogP contribution < -0.4 is 0 Å². The molecule has 8 aromatic carbocycles. The molecule has 282 valence electrons. The van der Waals surface area contributed by atoms with Crippen LogP contribution in [0.5, 0.6) is 0 Å². The Labute approximate surface area is 357 Å². The van der Waals surface area contributed by atoms with Crippen molar-refractivity contribution in [3.8, 4) is 44.5 Å². The maximum atomic E-state index is 4.93. The molecule has 2 unspecified atom stereocenters. The maximum absolute atomic E-state index is 4.93. The molecule has 0 amide bonds. The molecule has 0 spiro atoms. The fraction of sp³-hybridized carbons (Fsp3) is 0.192. The van der Waals surface area contributed by atoms with Gasteiger partial charge in [0.1, 0.15) is 0 Å². The van der Waals surface area contributed by atoms with Gasteiger partial charge in [-0.15, -0.1) is 69.1 Å². The summed E-state index contributed by atoms with van der Waals surface area (Å²) in [5, 5.41) is 5.32. The minimum atomic E-state index is -0.826. The van der Waals surface area contributed by atoms with Gasteiger partial charge in [0.25, 0.3) is 0 Å². The van der Waals surface area contributed by atoms with E-state index in [1.165, 1.54) is 77.2 Å². The van der Waals surface area contributed by atoms with Crippen LogP contribution in [0.3, 0.4) is 0 Å². The molecule has 0 N–H and O–H groups in total. The first kappa shape index (κ1) is 43.3. The molecule has 0 aliphatic carbocycles. The number of benzene rings is 6. The Kier molecular flexibility index (Phi) is 17.2. The van der Waals surface area contributed by atoms with Gasteiger partial charge in [0.15, 0.2) is 0 Å². The second-order valence-electron chi connectivity index (χ2n) is 14.2. The summed E-state index contributed by atoms with van der Waals surface area (Å²) in [6.45, 7) is 13.5. The molecule has 4 heteroatoms. The molecule has 0 saturated carbocycles. The molecule has 0 fully saturated rings. The van der Waals surface area contributed by atoms with Crippen molar-refractivity contribution in [2.24, 2.45) is 0 Å². The average molecular weight is 867 g/mol. The molecule has 0 bridgehead atoms. The predicted octanol–water partition coefficient (Wildman–Crippen LogP) is 17.0. The molecular formula is C52H52Cl2SiZr. The van der Waals surface area contributed by atoms with Crippen molar-refractivity contribution in [2.75, 3.05) is 0 Å². The van der Waals surface area contributed by atoms with Gasteiger partial charge in [-0.05, 0) is 46.9 Å². The van der Waals surface area contributed by atoms with E-state index in [1.54, 1.807) is 0 Å². The van der Waals surface area contributed by atoms with Gasteiger partial charge in [-0.25, -0.2) is 0 Å². The summed E-state index contributed by atoms with van der Waals surface area (Å²) in [5.74, 6) is 1.13. The fourth-order valence-corrected chi connectivity index (χ4v) is 7.32. The van der Waals surface area contributed by atoms with Crippen LogP contribution >= 0.6 is 17.0 Å². The number of hydrogen-bond acceptors (Lipinski definition) is 0. The summed E-state index contributed by atoms with van der Waals surface area (Å²) in [7, 11) is 11.0. The van der Waals surface area contributed by atoms with Gasteiger partial charge in [0, 0.05) is 9.52 Å². The normalized spacial score (nSPS) is 11.6. The third-order valence-electron chi connectivity index (χ3n) is 10.5. The van der Waals surface area contributed by atoms with Crippen LogP contribution in [0.4, 0.5) is 0 Å². The van der Waals surface area contributed by atoms with E-state index >= 15 is 0 Å². The van der Waals surface area contributed by atoms with Crippen LogP contribution in [-0.4, -0.2) is 9.52 Å². The van der Waals surface area contributed by atoms with Gasteiger partial charge in [0.05, 0.1) is 0 Å². The Morgan fingerprint density at radius 3 is 1.16 bits per heavy atom. The summed E-state index contributed by atoms with van der Waals surface area (Å²) < 4.78 is 0. The monoisotopic (exact) mass is 864 g/mol. The first-order valence-electron chi connectivity index (χ1n) is 19.6. The summed E-state index contributed by atoms with van der Waals surface area (Å²) in [5.41, 5.74) is 13.5. The van der Waals surface area contributed by atoms with Crippen molar-refractivity contribution < 1.29 is 20.8 Å². The Balaban J connectivity index is 0.000000188. The molecule has 0 heterocycles. The second kappa shape index (κ2) is 22.2. The molecular weight excluding hydrogens is 815 g/mol. The summed E-state index contributed by atoms with van der Waals surface area (Å²) in [6.07, 6.45) is 2.31. The van der Waals surface area contributed by atoms with E-state index in [4.69, 9.17) is 17.0 Å². The number of fused-ring (bicyclic) bond motifs is 2. The van der Waals surface area contributed by atoms with Crippen molar-refractivity contribution in [3.63, 3.8) is 0 Å². The number of hydrogen-bond donors (Lipinski definition) is 0. The van der Waals surface area contributed by atoms with Crippen LogP contribution in [-0.2, 0) is 20.8 Å². The van der Waals surface area contributed by atoms with Gasteiger partial charge >= 0.3 is 37.9 Å². The zero-order valence-corrected chi connectivity index (χ0v) is 38.5. The molecule has 56 heavy (non-hydrogen) atoms. The number of halogens is 2. The Morgan fingerprint density at radius 2 is 0.804 bits per heavy atom. The molecule has 0 aliphatic rings. The van der Waals surface area contributed by atoms with Crippen LogP contribution in [0, 0.1) is 0 Å². The standard InChI is InChI=1S/2C25H23.C2H6Si.2ClH.Zr/c2*1-3-18(2)22-13-7-8-14-23(22)24-15-9-12-20-16-21(17-25(20)24)19-10-5-4-6-11-19;1-3-2;;;/h2*4-18H,3H2,1-2H3;1-2H3;2*1H;/q2*-1;;;;+4/p-2. The van der Waals surface area contributed by atoms with Crippen molar-refractivity contribution >= 4 is 48.1 Å². The molecule has 2 radical (unpaired) electrons. The minimum absolute atomic E-state index is 0.565. The SMILES string of the molecule is CCC(C)c1ccccc1-c1cccc2[cH-]c(-c3ccccc3)cc12.CCC(C)c1ccccc1-c1cccc2[cH-]c(-c3ccccc3)cc12.C[Si]C.[Cl][Zr+2][Cl]. The topological polar surface area (TPSA) is 0 Å². The first-order valence-corrected chi connectivity index (χ1v) is 27.9. The molecule has 8 rings (SSSR count). The van der Waals surface area contributed by atoms with Gasteiger partial charge in [-0.1, -0.05) is 197 Å². The van der Waals surface area contributed by atoms with Gasteiger partial charge in [0.2, 0.25) is 0 Å². The third kappa shape index (κ3) is 10.8. The second-order valence-corrected chi connectivity index (χ2v) is 18.9. The van der Waals surface area contributed by atoms with Crippen molar-refractivity contribution in [1.29, 1.82) is 0 Å². The Hall–Kier alpha value is -3.78. The van der Waals surface area contributed by atoms with Crippen molar-refractivity contribution in [1.82, 2.24) is 0 Å². The average Bonchev–Trinajstić information content (AvgIpc) is 3.90. The van der Waals surface area contributed by atoms with E-state index in [0.717, 1.165) is 22.4 Å². The predicted molar refractivity (Wildman–Crippen MR) is 247 cm³/mol. The van der Waals surface area contributed by atoms with Crippen LogP contribution in [0.15, 0.2) is 170 Å². The summed E-state index contributed by atoms with van der Waals surface area (Å²) in [4.78, 5) is 0. The molecule has 2 atom stereocenters. The first-order chi connectivity index (χ1) is 27.4. The molecule has 0 aromatic heterocycles. The van der Waals surface area contributed by atoms with E-state index in [9.17, 15) is 0 Å². The van der Waals surface area contributed by atoms with E-state index in [1.807, 2.05) is 0 Å². The molecule has 0 aliphatic heterocycles. The van der Waals surface area contributed by atoms with Crippen LogP contribution in [0.25, 0.3) is 66.1 Å². The van der Waals surface area contributed by atoms with Gasteiger partial charge in [-0.2, -0.15) is 0 Å². The Morgan fingerprint density at radius 1 is 0.482 bits per heavy atom. The van der Waals surface area contributed by atoms with E-state index in [2.05, 4.69) is 211 Å². The summed E-state index contributed by atoms with van der Waals surface area (Å²) in [6, 6.07) is 61.6. The fourth-order valence-electron chi connectivity index (χ4n) is 7.32. The number of rotatable bonds is 8. The van der Waals surface area contributed by atoms with E-state index in [-0.39, 0.29) is 0 Å². The third-order valence-corrected chi connectivity index (χ3v) is 10.5. The van der Waals surface area contributed by atoms with Gasteiger partial charge in [-0.3, -0.25) is 0 Å². The van der Waals surface area contributed by atoms with Crippen molar-refractivity contribution in [2.45, 2.75) is 65.5 Å². The summed E-state index contributed by atoms with van der Waals surface area (Å²) >= 11 is -0.826. The van der Waals surface area contributed by atoms with Crippen molar-refractivity contribution in [3.05, 3.63) is 181 Å². The quantitative estimate of drug-likeness (QED) is 0.105. The molecule has 0 saturated heterocycles. The van der Waals surface area contributed by atoms with Crippen LogP contribution in [0.1, 0.15) is 63.5 Å². The zero-order chi connectivity index (χ0) is 39.9. The van der Waals surface area contributed by atoms with E-state index < -0.39 is 20.8 Å². The Bertz CT molecular complexity index is 2200.